The predicted octanol–water partition coefficient (Wildman–Crippen LogP) is 18.8. The second-order valence-corrected chi connectivity index (χ2v) is 20.4. The van der Waals surface area contributed by atoms with E-state index >= 15 is 0 Å². The van der Waals surface area contributed by atoms with Crippen LogP contribution in [0.15, 0.2) is 259 Å². The highest BCUT2D eigenvalue weighted by molar-refractivity contribution is 6.07. The molecular formula is C70H48N2O. The number of nitrogens with zero attached hydrogens (tertiary/aromatic N) is 2. The molecule has 11 aromatic carbocycles. The van der Waals surface area contributed by atoms with Gasteiger partial charge >= 0.3 is 0 Å². The van der Waals surface area contributed by atoms with Crippen molar-refractivity contribution in [3.05, 3.63) is 288 Å². The topological polar surface area (TPSA) is 19.6 Å². The lowest BCUT2D eigenvalue weighted by Gasteiger charge is -2.45. The maximum Gasteiger partial charge on any atom is 0.135 e. The van der Waals surface area contributed by atoms with E-state index in [0.29, 0.717) is 0 Å². The molecule has 0 spiro atoms. The standard InChI is InChI=1S/C70H48N2O/c1-69(2)59-26-14-12-24-54(59)55-38-35-52(44-61(55)69)71(51-36-41-66-58(43-51)56-25-13-17-29-65(56)73-66)50-33-30-45(31-34-50)47-32-37-57-62(42-47)70(48-20-8-4-9-21-48)60-27-15-16-28-63(60)72(49-22-10-5-11-23-49)64-40-39-53(67(57)68(64)70)46-18-6-3-7-19-46/h3-44H,1-2H3. The van der Waals surface area contributed by atoms with Crippen molar-refractivity contribution in [2.75, 3.05) is 9.80 Å². The molecule has 0 saturated heterocycles. The van der Waals surface area contributed by atoms with Gasteiger partial charge in [-0.2, -0.15) is 0 Å². The maximum absolute atomic E-state index is 6.35. The second kappa shape index (κ2) is 15.7. The molecule has 0 N–H and O–H groups in total. The van der Waals surface area contributed by atoms with Crippen LogP contribution in [0.2, 0.25) is 0 Å². The van der Waals surface area contributed by atoms with Crippen molar-refractivity contribution < 1.29 is 4.42 Å². The van der Waals surface area contributed by atoms with Crippen molar-refractivity contribution in [3.63, 3.8) is 0 Å². The lowest BCUT2D eigenvalue weighted by atomic mass is 9.64. The second-order valence-electron chi connectivity index (χ2n) is 20.4. The number of benzene rings is 11. The Labute approximate surface area is 425 Å². The van der Waals surface area contributed by atoms with Gasteiger partial charge in [-0.1, -0.05) is 190 Å². The first-order valence-corrected chi connectivity index (χ1v) is 25.4. The average molecular weight is 933 g/mol. The number of hydrogen-bond donors (Lipinski definition) is 0. The summed E-state index contributed by atoms with van der Waals surface area (Å²) in [6, 6.07) is 94.2. The Balaban J connectivity index is 0.921. The Morgan fingerprint density at radius 2 is 0.973 bits per heavy atom. The largest absolute Gasteiger partial charge is 0.456 e. The van der Waals surface area contributed by atoms with Crippen molar-refractivity contribution >= 4 is 56.1 Å². The summed E-state index contributed by atoms with van der Waals surface area (Å²) in [5.74, 6) is 0. The average Bonchev–Trinajstić information content (AvgIpc) is 4.08. The Kier molecular flexibility index (Phi) is 8.92. The summed E-state index contributed by atoms with van der Waals surface area (Å²) >= 11 is 0. The van der Waals surface area contributed by atoms with Crippen LogP contribution in [0.3, 0.4) is 0 Å². The maximum atomic E-state index is 6.35. The lowest BCUT2D eigenvalue weighted by Crippen LogP contribution is -2.36. The van der Waals surface area contributed by atoms with E-state index in [-0.39, 0.29) is 5.41 Å². The molecule has 3 heteroatoms. The van der Waals surface area contributed by atoms with Crippen LogP contribution >= 0.6 is 0 Å². The fraction of sp³-hybridized carbons (Fsp3) is 0.0571. The zero-order valence-corrected chi connectivity index (χ0v) is 40.6. The molecule has 1 unspecified atom stereocenters. The summed E-state index contributed by atoms with van der Waals surface area (Å²) in [5.41, 5.74) is 25.6. The first kappa shape index (κ1) is 41.6. The van der Waals surface area contributed by atoms with Crippen LogP contribution in [0, 0.1) is 0 Å². The Bertz CT molecular complexity index is 4170. The lowest BCUT2D eigenvalue weighted by molar-refractivity contribution is 0.660. The monoisotopic (exact) mass is 932 g/mol. The Morgan fingerprint density at radius 1 is 0.370 bits per heavy atom. The van der Waals surface area contributed by atoms with E-state index in [2.05, 4.69) is 272 Å². The van der Waals surface area contributed by atoms with E-state index < -0.39 is 5.41 Å². The van der Waals surface area contributed by atoms with Gasteiger partial charge in [0.05, 0.1) is 16.8 Å². The van der Waals surface area contributed by atoms with Gasteiger partial charge in [0, 0.05) is 44.5 Å². The summed E-state index contributed by atoms with van der Waals surface area (Å²) in [6.45, 7) is 4.71. The van der Waals surface area contributed by atoms with Crippen LogP contribution in [0.25, 0.3) is 66.4 Å². The fourth-order valence-electron chi connectivity index (χ4n) is 13.0. The molecule has 0 saturated carbocycles. The van der Waals surface area contributed by atoms with Gasteiger partial charge in [-0.05, 0) is 151 Å². The molecule has 3 aliphatic rings. The van der Waals surface area contributed by atoms with Crippen LogP contribution in [0.1, 0.15) is 47.2 Å². The van der Waals surface area contributed by atoms with Gasteiger partial charge in [0.2, 0.25) is 0 Å². The quantitative estimate of drug-likeness (QED) is 0.159. The van der Waals surface area contributed by atoms with Crippen LogP contribution in [-0.4, -0.2) is 0 Å². The molecule has 2 aliphatic carbocycles. The minimum Gasteiger partial charge on any atom is -0.456 e. The van der Waals surface area contributed by atoms with E-state index in [1.54, 1.807) is 0 Å². The number of anilines is 6. The molecule has 0 bridgehead atoms. The fourth-order valence-corrected chi connectivity index (χ4v) is 13.0. The highest BCUT2D eigenvalue weighted by Gasteiger charge is 2.53. The zero-order valence-electron chi connectivity index (χ0n) is 40.6. The number of rotatable bonds is 7. The van der Waals surface area contributed by atoms with E-state index in [1.807, 2.05) is 6.07 Å². The molecule has 344 valence electrons. The highest BCUT2D eigenvalue weighted by atomic mass is 16.3. The molecule has 0 radical (unpaired) electrons. The van der Waals surface area contributed by atoms with E-state index in [9.17, 15) is 0 Å². The predicted molar refractivity (Wildman–Crippen MR) is 302 cm³/mol. The molecule has 1 aliphatic heterocycles. The molecule has 0 amide bonds. The van der Waals surface area contributed by atoms with Gasteiger partial charge in [-0.3, -0.25) is 0 Å². The third kappa shape index (κ3) is 5.94. The third-order valence-corrected chi connectivity index (χ3v) is 16.2. The van der Waals surface area contributed by atoms with Gasteiger partial charge in [0.15, 0.2) is 0 Å². The molecule has 12 aromatic rings. The Morgan fingerprint density at radius 3 is 1.79 bits per heavy atom. The van der Waals surface area contributed by atoms with Crippen LogP contribution < -0.4 is 9.80 Å². The molecule has 73 heavy (non-hydrogen) atoms. The van der Waals surface area contributed by atoms with Gasteiger partial charge in [-0.25, -0.2) is 0 Å². The van der Waals surface area contributed by atoms with Crippen molar-refractivity contribution in [3.8, 4) is 44.5 Å². The minimum absolute atomic E-state index is 0.145. The van der Waals surface area contributed by atoms with Crippen LogP contribution in [0.5, 0.6) is 0 Å². The molecule has 2 heterocycles. The number of para-hydroxylation sites is 3. The van der Waals surface area contributed by atoms with Gasteiger partial charge in [-0.15, -0.1) is 0 Å². The number of hydrogen-bond acceptors (Lipinski definition) is 3. The molecule has 0 fully saturated rings. The summed E-state index contributed by atoms with van der Waals surface area (Å²) in [6.07, 6.45) is 0. The van der Waals surface area contributed by atoms with Gasteiger partial charge in [0.25, 0.3) is 0 Å². The van der Waals surface area contributed by atoms with Crippen LogP contribution in [0.4, 0.5) is 34.1 Å². The first-order chi connectivity index (χ1) is 36.0. The minimum atomic E-state index is -0.600. The molecule has 1 aromatic heterocycles. The highest BCUT2D eigenvalue weighted by Crippen LogP contribution is 2.66. The van der Waals surface area contributed by atoms with E-state index in [0.717, 1.165) is 50.3 Å². The summed E-state index contributed by atoms with van der Waals surface area (Å²) in [7, 11) is 0. The normalized spacial score (nSPS) is 15.4. The van der Waals surface area contributed by atoms with Crippen molar-refractivity contribution in [1.29, 1.82) is 0 Å². The summed E-state index contributed by atoms with van der Waals surface area (Å²) < 4.78 is 6.35. The van der Waals surface area contributed by atoms with Crippen LogP contribution in [-0.2, 0) is 10.8 Å². The number of furan rings is 1. The van der Waals surface area contributed by atoms with Gasteiger partial charge in [0.1, 0.15) is 11.2 Å². The Hall–Kier alpha value is -9.18. The molecule has 15 rings (SSSR count). The van der Waals surface area contributed by atoms with Crippen molar-refractivity contribution in [1.82, 2.24) is 0 Å². The zero-order chi connectivity index (χ0) is 48.4. The van der Waals surface area contributed by atoms with E-state index in [4.69, 9.17) is 4.42 Å². The van der Waals surface area contributed by atoms with Gasteiger partial charge < -0.3 is 14.2 Å². The van der Waals surface area contributed by atoms with Crippen molar-refractivity contribution in [2.24, 2.45) is 0 Å². The summed E-state index contributed by atoms with van der Waals surface area (Å²) in [4.78, 5) is 4.90. The first-order valence-electron chi connectivity index (χ1n) is 25.4. The SMILES string of the molecule is CC1(C)c2ccccc2-c2ccc(N(c3ccc(-c4ccc5c(c4)C4(c6ccccc6)c6ccccc6N(c6ccccc6)c6ccc(-c7ccccc7)c-5c64)cc3)c3ccc4oc5ccccc5c4c3)cc21. The van der Waals surface area contributed by atoms with Crippen molar-refractivity contribution in [2.45, 2.75) is 24.7 Å². The molecular weight excluding hydrogens is 885 g/mol. The molecule has 1 atom stereocenters. The summed E-state index contributed by atoms with van der Waals surface area (Å²) in [5, 5.41) is 2.22. The third-order valence-electron chi connectivity index (χ3n) is 16.2. The van der Waals surface area contributed by atoms with E-state index in [1.165, 1.54) is 83.7 Å². The smallest absolute Gasteiger partial charge is 0.135 e. The molecule has 3 nitrogen and oxygen atoms in total. The number of fused-ring (bicyclic) bond motifs is 11.